The van der Waals surface area contributed by atoms with E-state index in [-0.39, 0.29) is 18.0 Å². The average molecular weight is 382 g/mol. The van der Waals surface area contributed by atoms with Crippen LogP contribution in [0, 0.1) is 13.8 Å². The van der Waals surface area contributed by atoms with E-state index in [0.717, 1.165) is 25.8 Å². The molecule has 150 valence electrons. The summed E-state index contributed by atoms with van der Waals surface area (Å²) in [6.07, 6.45) is 6.65. The Morgan fingerprint density at radius 1 is 1.14 bits per heavy atom. The van der Waals surface area contributed by atoms with Crippen molar-refractivity contribution in [3.05, 3.63) is 53.2 Å². The number of oxazole rings is 1. The zero-order chi connectivity index (χ0) is 19.7. The van der Waals surface area contributed by atoms with Gasteiger partial charge in [0.1, 0.15) is 0 Å². The standard InChI is InChI=1S/C23H31N3O2/c1-16-22(28-17(2)24-16)23(27)26-19(14-18-10-6-4-7-11-18)15-21-20(26)12-8-5-9-13-25(21)3/h4,6-7,10-11,19-21H,5,8-9,12-15H2,1-3H3/t19-,20-,21+/m1/s1. The average Bonchev–Trinajstić information content (AvgIpc) is 3.19. The van der Waals surface area contributed by atoms with Gasteiger partial charge >= 0.3 is 0 Å². The number of benzene rings is 1. The summed E-state index contributed by atoms with van der Waals surface area (Å²) in [4.78, 5) is 22.6. The lowest BCUT2D eigenvalue weighted by Crippen LogP contribution is -2.48. The third-order valence-corrected chi connectivity index (χ3v) is 6.43. The number of fused-ring (bicyclic) bond motifs is 1. The van der Waals surface area contributed by atoms with Gasteiger partial charge in [-0.25, -0.2) is 4.98 Å². The number of nitrogens with zero attached hydrogens (tertiary/aromatic N) is 3. The molecule has 0 unspecified atom stereocenters. The zero-order valence-electron chi connectivity index (χ0n) is 17.2. The number of hydrogen-bond acceptors (Lipinski definition) is 4. The van der Waals surface area contributed by atoms with Crippen molar-refractivity contribution in [3.8, 4) is 0 Å². The topological polar surface area (TPSA) is 49.6 Å². The number of likely N-dealkylation sites (N-methyl/N-ethyl adjacent to an activating group) is 1. The summed E-state index contributed by atoms with van der Waals surface area (Å²) in [6.45, 7) is 4.79. The normalized spacial score (nSPS) is 26.0. The first-order valence-corrected chi connectivity index (χ1v) is 10.6. The molecule has 2 aliphatic heterocycles. The molecule has 2 aliphatic rings. The Bertz CT molecular complexity index is 817. The number of likely N-dealkylation sites (tertiary alicyclic amines) is 2. The highest BCUT2D eigenvalue weighted by atomic mass is 16.4. The van der Waals surface area contributed by atoms with Gasteiger partial charge in [-0.05, 0) is 51.8 Å². The molecule has 4 rings (SSSR count). The van der Waals surface area contributed by atoms with Gasteiger partial charge in [0.15, 0.2) is 5.89 Å². The van der Waals surface area contributed by atoms with Crippen molar-refractivity contribution in [2.75, 3.05) is 13.6 Å². The van der Waals surface area contributed by atoms with Crippen LogP contribution in [0.1, 0.15) is 59.8 Å². The van der Waals surface area contributed by atoms with E-state index < -0.39 is 0 Å². The maximum Gasteiger partial charge on any atom is 0.292 e. The van der Waals surface area contributed by atoms with Crippen LogP contribution in [-0.2, 0) is 6.42 Å². The van der Waals surface area contributed by atoms with Gasteiger partial charge in [0.25, 0.3) is 5.91 Å². The second kappa shape index (κ2) is 8.08. The van der Waals surface area contributed by atoms with Crippen LogP contribution >= 0.6 is 0 Å². The molecule has 0 N–H and O–H groups in total. The quantitative estimate of drug-likeness (QED) is 0.807. The van der Waals surface area contributed by atoms with Gasteiger partial charge in [-0.3, -0.25) is 4.79 Å². The Kier molecular flexibility index (Phi) is 5.54. The first-order valence-electron chi connectivity index (χ1n) is 10.6. The summed E-state index contributed by atoms with van der Waals surface area (Å²) < 4.78 is 5.73. The van der Waals surface area contributed by atoms with E-state index >= 15 is 0 Å². The van der Waals surface area contributed by atoms with Crippen molar-refractivity contribution in [1.82, 2.24) is 14.8 Å². The third kappa shape index (κ3) is 3.72. The molecule has 0 radical (unpaired) electrons. The molecule has 3 atom stereocenters. The Balaban J connectivity index is 1.68. The molecule has 5 heteroatoms. The van der Waals surface area contributed by atoms with Crippen molar-refractivity contribution >= 4 is 5.91 Å². The van der Waals surface area contributed by atoms with Crippen molar-refractivity contribution in [2.45, 2.75) is 70.5 Å². The van der Waals surface area contributed by atoms with Crippen LogP contribution in [0.3, 0.4) is 0 Å². The van der Waals surface area contributed by atoms with Crippen molar-refractivity contribution in [3.63, 3.8) is 0 Å². The summed E-state index contributed by atoms with van der Waals surface area (Å²) >= 11 is 0. The summed E-state index contributed by atoms with van der Waals surface area (Å²) in [5.41, 5.74) is 1.98. The molecule has 2 fully saturated rings. The maximum atomic E-state index is 13.6. The van der Waals surface area contributed by atoms with Crippen molar-refractivity contribution in [2.24, 2.45) is 0 Å². The molecule has 1 aromatic heterocycles. The molecule has 0 saturated carbocycles. The van der Waals surface area contributed by atoms with Crippen molar-refractivity contribution < 1.29 is 9.21 Å². The van der Waals surface area contributed by atoms with Crippen LogP contribution in [0.4, 0.5) is 0 Å². The maximum absolute atomic E-state index is 13.6. The predicted molar refractivity (Wildman–Crippen MR) is 109 cm³/mol. The molecule has 1 aromatic carbocycles. The lowest BCUT2D eigenvalue weighted by Gasteiger charge is -2.35. The summed E-state index contributed by atoms with van der Waals surface area (Å²) in [6, 6.07) is 11.4. The first-order chi connectivity index (χ1) is 13.5. The first kappa shape index (κ1) is 19.2. The molecular weight excluding hydrogens is 350 g/mol. The molecule has 28 heavy (non-hydrogen) atoms. The Hall–Kier alpha value is -2.14. The van der Waals surface area contributed by atoms with Crippen LogP contribution < -0.4 is 0 Å². The van der Waals surface area contributed by atoms with Crippen molar-refractivity contribution in [1.29, 1.82) is 0 Å². The third-order valence-electron chi connectivity index (χ3n) is 6.43. The fourth-order valence-corrected chi connectivity index (χ4v) is 5.10. The van der Waals surface area contributed by atoms with Gasteiger partial charge in [0.2, 0.25) is 5.76 Å². The largest absolute Gasteiger partial charge is 0.436 e. The SMILES string of the molecule is Cc1nc(C)c(C(=O)N2[C@H](Cc3ccccc3)C[C@H]3[C@H]2CCCCCN3C)o1. The van der Waals surface area contributed by atoms with E-state index in [9.17, 15) is 4.79 Å². The number of carbonyl (C=O) groups excluding carboxylic acids is 1. The van der Waals surface area contributed by atoms with Crippen LogP contribution in [-0.4, -0.2) is 52.4 Å². The van der Waals surface area contributed by atoms with Crippen LogP contribution in [0.15, 0.2) is 34.7 Å². The van der Waals surface area contributed by atoms with Gasteiger partial charge in [0.05, 0.1) is 5.69 Å². The minimum absolute atomic E-state index is 0.0144. The minimum Gasteiger partial charge on any atom is -0.436 e. The summed E-state index contributed by atoms with van der Waals surface area (Å²) in [5.74, 6) is 0.993. The molecular formula is C23H31N3O2. The van der Waals surface area contributed by atoms with Gasteiger partial charge < -0.3 is 14.2 Å². The Morgan fingerprint density at radius 2 is 1.93 bits per heavy atom. The lowest BCUT2D eigenvalue weighted by atomic mass is 9.96. The monoisotopic (exact) mass is 381 g/mol. The molecule has 1 amide bonds. The highest BCUT2D eigenvalue weighted by Gasteiger charge is 2.46. The van der Waals surface area contributed by atoms with E-state index in [1.807, 2.05) is 19.9 Å². The highest BCUT2D eigenvalue weighted by molar-refractivity contribution is 5.93. The van der Waals surface area contributed by atoms with Gasteiger partial charge in [-0.1, -0.05) is 43.2 Å². The van der Waals surface area contributed by atoms with E-state index in [1.54, 1.807) is 0 Å². The molecule has 3 heterocycles. The fourth-order valence-electron chi connectivity index (χ4n) is 5.10. The van der Waals surface area contributed by atoms with Crippen LogP contribution in [0.25, 0.3) is 0 Å². The minimum atomic E-state index is 0.0144. The number of carbonyl (C=O) groups is 1. The van der Waals surface area contributed by atoms with Crippen LogP contribution in [0.5, 0.6) is 0 Å². The number of aromatic nitrogens is 1. The van der Waals surface area contributed by atoms with Gasteiger partial charge in [-0.2, -0.15) is 0 Å². The van der Waals surface area contributed by atoms with E-state index in [1.165, 1.54) is 24.8 Å². The molecule has 0 bridgehead atoms. The summed E-state index contributed by atoms with van der Waals surface area (Å²) in [5, 5.41) is 0. The number of hydrogen-bond donors (Lipinski definition) is 0. The van der Waals surface area contributed by atoms with Gasteiger partial charge in [0, 0.05) is 25.0 Å². The number of amides is 1. The van der Waals surface area contributed by atoms with Crippen LogP contribution in [0.2, 0.25) is 0 Å². The highest BCUT2D eigenvalue weighted by Crippen LogP contribution is 2.36. The lowest BCUT2D eigenvalue weighted by molar-refractivity contribution is 0.0570. The molecule has 0 aliphatic carbocycles. The van der Waals surface area contributed by atoms with E-state index in [4.69, 9.17) is 4.42 Å². The zero-order valence-corrected chi connectivity index (χ0v) is 17.2. The second-order valence-corrected chi connectivity index (χ2v) is 8.40. The fraction of sp³-hybridized carbons (Fsp3) is 0.565. The molecule has 2 aromatic rings. The molecule has 5 nitrogen and oxygen atoms in total. The van der Waals surface area contributed by atoms with E-state index in [0.29, 0.717) is 23.4 Å². The Labute approximate surface area is 167 Å². The van der Waals surface area contributed by atoms with Gasteiger partial charge in [-0.15, -0.1) is 0 Å². The summed E-state index contributed by atoms with van der Waals surface area (Å²) in [7, 11) is 2.22. The number of rotatable bonds is 3. The molecule has 2 saturated heterocycles. The Morgan fingerprint density at radius 3 is 2.64 bits per heavy atom. The predicted octanol–water partition coefficient (Wildman–Crippen LogP) is 3.99. The second-order valence-electron chi connectivity index (χ2n) is 8.40. The molecule has 0 spiro atoms. The smallest absolute Gasteiger partial charge is 0.292 e. The van der Waals surface area contributed by atoms with E-state index in [2.05, 4.69) is 46.1 Å². The number of aryl methyl sites for hydroxylation is 2.